The van der Waals surface area contributed by atoms with Crippen molar-refractivity contribution in [3.8, 4) is 0 Å². The molecule has 4 atom stereocenters. The zero-order valence-electron chi connectivity index (χ0n) is 12.0. The highest BCUT2D eigenvalue weighted by Gasteiger charge is 2.51. The van der Waals surface area contributed by atoms with Crippen molar-refractivity contribution in [2.45, 2.75) is 51.8 Å². The van der Waals surface area contributed by atoms with E-state index in [-0.39, 0.29) is 0 Å². The van der Waals surface area contributed by atoms with E-state index < -0.39 is 0 Å². The van der Waals surface area contributed by atoms with E-state index in [0.29, 0.717) is 23.6 Å². The Balaban J connectivity index is 1.93. The lowest BCUT2D eigenvalue weighted by atomic mass is 9.63. The van der Waals surface area contributed by atoms with E-state index >= 15 is 0 Å². The number of nitrogens with zero attached hydrogens (tertiary/aromatic N) is 1. The highest BCUT2D eigenvalue weighted by Crippen LogP contribution is 2.46. The number of likely N-dealkylation sites (tertiary alicyclic amines) is 1. The number of ether oxygens (including phenoxy) is 1. The van der Waals surface area contributed by atoms with Gasteiger partial charge in [0.2, 0.25) is 0 Å². The normalized spacial score (nSPS) is 42.2. The van der Waals surface area contributed by atoms with Crippen LogP contribution in [-0.2, 0) is 4.74 Å². The van der Waals surface area contributed by atoms with Crippen LogP contribution in [0.15, 0.2) is 0 Å². The van der Waals surface area contributed by atoms with Gasteiger partial charge in [-0.1, -0.05) is 20.8 Å². The maximum atomic E-state index is 5.55. The molecule has 4 unspecified atom stereocenters. The average Bonchev–Trinajstić information content (AvgIpc) is 2.28. The predicted octanol–water partition coefficient (Wildman–Crippen LogP) is 1.73. The van der Waals surface area contributed by atoms with E-state index in [4.69, 9.17) is 4.74 Å². The summed E-state index contributed by atoms with van der Waals surface area (Å²) in [4.78, 5) is 2.69. The second kappa shape index (κ2) is 4.87. The van der Waals surface area contributed by atoms with Crippen molar-refractivity contribution in [3.63, 3.8) is 0 Å². The van der Waals surface area contributed by atoms with Gasteiger partial charge in [-0.05, 0) is 32.4 Å². The summed E-state index contributed by atoms with van der Waals surface area (Å²) >= 11 is 0. The summed E-state index contributed by atoms with van der Waals surface area (Å²) in [6.45, 7) is 9.54. The van der Waals surface area contributed by atoms with Gasteiger partial charge in [0.15, 0.2) is 0 Å². The van der Waals surface area contributed by atoms with Crippen molar-refractivity contribution in [1.29, 1.82) is 0 Å². The molecule has 1 heterocycles. The first-order chi connectivity index (χ1) is 8.00. The molecule has 3 heteroatoms. The molecule has 0 amide bonds. The molecule has 1 saturated heterocycles. The Hall–Kier alpha value is -0.120. The second-order valence-corrected chi connectivity index (χ2v) is 6.45. The number of hydrogen-bond acceptors (Lipinski definition) is 3. The predicted molar refractivity (Wildman–Crippen MR) is 71.2 cm³/mol. The van der Waals surface area contributed by atoms with E-state index in [1.165, 1.54) is 25.9 Å². The second-order valence-electron chi connectivity index (χ2n) is 6.45. The maximum absolute atomic E-state index is 5.55. The summed E-state index contributed by atoms with van der Waals surface area (Å²) < 4.78 is 5.55. The van der Waals surface area contributed by atoms with Gasteiger partial charge in [0.25, 0.3) is 0 Å². The van der Waals surface area contributed by atoms with Gasteiger partial charge in [0.05, 0.1) is 6.10 Å². The summed E-state index contributed by atoms with van der Waals surface area (Å²) in [7, 11) is 3.93. The summed E-state index contributed by atoms with van der Waals surface area (Å²) in [6.07, 6.45) is 2.94. The van der Waals surface area contributed by atoms with Crippen LogP contribution in [0.3, 0.4) is 0 Å². The average molecular weight is 240 g/mol. The summed E-state index contributed by atoms with van der Waals surface area (Å²) in [5.41, 5.74) is 0.320. The number of rotatable bonds is 3. The van der Waals surface area contributed by atoms with E-state index in [9.17, 15) is 0 Å². The lowest BCUT2D eigenvalue weighted by Gasteiger charge is -2.57. The van der Waals surface area contributed by atoms with Gasteiger partial charge in [0, 0.05) is 31.2 Å². The van der Waals surface area contributed by atoms with E-state index in [1.807, 2.05) is 7.11 Å². The molecule has 2 fully saturated rings. The van der Waals surface area contributed by atoms with Crippen molar-refractivity contribution in [3.05, 3.63) is 0 Å². The Labute approximate surface area is 106 Å². The number of piperidine rings is 1. The molecular weight excluding hydrogens is 212 g/mol. The van der Waals surface area contributed by atoms with Crippen LogP contribution in [0.2, 0.25) is 0 Å². The van der Waals surface area contributed by atoms with Crippen LogP contribution in [0, 0.1) is 11.3 Å². The van der Waals surface area contributed by atoms with Crippen LogP contribution in [0.25, 0.3) is 0 Å². The molecule has 100 valence electrons. The van der Waals surface area contributed by atoms with Gasteiger partial charge < -0.3 is 10.1 Å². The van der Waals surface area contributed by atoms with Crippen LogP contribution < -0.4 is 5.32 Å². The van der Waals surface area contributed by atoms with Gasteiger partial charge in [-0.3, -0.25) is 4.90 Å². The molecule has 0 aromatic carbocycles. The van der Waals surface area contributed by atoms with E-state index in [0.717, 1.165) is 5.92 Å². The Bertz CT molecular complexity index is 267. The standard InChI is InChI=1S/C14H28N2O/c1-10-9-16(7-6-11(10)15-4)12-8-13(17-5)14(12,2)3/h10-13,15H,6-9H2,1-5H3. The lowest BCUT2D eigenvalue weighted by Crippen LogP contribution is -2.64. The molecule has 1 aliphatic carbocycles. The van der Waals surface area contributed by atoms with Gasteiger partial charge in [0.1, 0.15) is 0 Å². The molecule has 0 bridgehead atoms. The molecule has 0 aromatic heterocycles. The number of nitrogens with one attached hydrogen (secondary N) is 1. The smallest absolute Gasteiger partial charge is 0.0652 e. The largest absolute Gasteiger partial charge is 0.381 e. The molecule has 3 nitrogen and oxygen atoms in total. The highest BCUT2D eigenvalue weighted by molar-refractivity contribution is 5.05. The third-order valence-corrected chi connectivity index (χ3v) is 5.16. The van der Waals surface area contributed by atoms with Crippen molar-refractivity contribution in [1.82, 2.24) is 10.2 Å². The fraction of sp³-hybridized carbons (Fsp3) is 1.00. The van der Waals surface area contributed by atoms with E-state index in [2.05, 4.69) is 38.0 Å². The van der Waals surface area contributed by atoms with Gasteiger partial charge in [-0.15, -0.1) is 0 Å². The molecule has 1 aliphatic heterocycles. The first kappa shape index (κ1) is 13.3. The van der Waals surface area contributed by atoms with Crippen LogP contribution in [0.4, 0.5) is 0 Å². The van der Waals surface area contributed by atoms with Crippen LogP contribution in [-0.4, -0.2) is 50.3 Å². The minimum atomic E-state index is 0.320. The van der Waals surface area contributed by atoms with E-state index in [1.54, 1.807) is 0 Å². The molecule has 0 spiro atoms. The van der Waals surface area contributed by atoms with Crippen molar-refractivity contribution >= 4 is 0 Å². The third-order valence-electron chi connectivity index (χ3n) is 5.16. The molecule has 17 heavy (non-hydrogen) atoms. The molecular formula is C14H28N2O. The minimum absolute atomic E-state index is 0.320. The van der Waals surface area contributed by atoms with Crippen LogP contribution in [0.1, 0.15) is 33.6 Å². The van der Waals surface area contributed by atoms with Gasteiger partial charge >= 0.3 is 0 Å². The first-order valence-corrected chi connectivity index (χ1v) is 6.94. The SMILES string of the molecule is CNC1CCN(C2CC(OC)C2(C)C)CC1C. The molecule has 0 radical (unpaired) electrons. The monoisotopic (exact) mass is 240 g/mol. The van der Waals surface area contributed by atoms with Crippen molar-refractivity contribution in [2.75, 3.05) is 27.2 Å². The summed E-state index contributed by atoms with van der Waals surface area (Å²) in [6, 6.07) is 1.42. The highest BCUT2D eigenvalue weighted by atomic mass is 16.5. The fourth-order valence-corrected chi connectivity index (χ4v) is 3.77. The Kier molecular flexibility index (Phi) is 3.81. The van der Waals surface area contributed by atoms with Crippen LogP contribution in [0.5, 0.6) is 0 Å². The minimum Gasteiger partial charge on any atom is -0.381 e. The number of hydrogen-bond donors (Lipinski definition) is 1. The zero-order chi connectivity index (χ0) is 12.6. The third kappa shape index (κ3) is 2.25. The zero-order valence-corrected chi connectivity index (χ0v) is 12.0. The number of methoxy groups -OCH3 is 1. The Morgan fingerprint density at radius 2 is 2.06 bits per heavy atom. The van der Waals surface area contributed by atoms with Crippen molar-refractivity contribution < 1.29 is 4.74 Å². The fourth-order valence-electron chi connectivity index (χ4n) is 3.77. The maximum Gasteiger partial charge on any atom is 0.0652 e. The Morgan fingerprint density at radius 1 is 1.35 bits per heavy atom. The Morgan fingerprint density at radius 3 is 2.53 bits per heavy atom. The quantitative estimate of drug-likeness (QED) is 0.813. The first-order valence-electron chi connectivity index (χ1n) is 6.94. The van der Waals surface area contributed by atoms with Gasteiger partial charge in [-0.2, -0.15) is 0 Å². The molecule has 0 aromatic rings. The molecule has 1 N–H and O–H groups in total. The van der Waals surface area contributed by atoms with Gasteiger partial charge in [-0.25, -0.2) is 0 Å². The lowest BCUT2D eigenvalue weighted by molar-refractivity contribution is -0.145. The van der Waals surface area contributed by atoms with Crippen molar-refractivity contribution in [2.24, 2.45) is 11.3 Å². The topological polar surface area (TPSA) is 24.5 Å². The summed E-state index contributed by atoms with van der Waals surface area (Å²) in [5, 5.41) is 3.44. The summed E-state index contributed by atoms with van der Waals surface area (Å²) in [5.74, 6) is 0.756. The van der Waals surface area contributed by atoms with Crippen LogP contribution >= 0.6 is 0 Å². The molecule has 2 aliphatic rings. The molecule has 1 saturated carbocycles. The molecule has 2 rings (SSSR count).